The Bertz CT molecular complexity index is 425. The molecule has 1 aliphatic heterocycles. The quantitative estimate of drug-likeness (QED) is 0.846. The molecule has 2 nitrogen and oxygen atoms in total. The average Bonchev–Trinajstić information content (AvgIpc) is 3.09. The molecule has 1 aromatic rings. The molecule has 2 heteroatoms. The van der Waals surface area contributed by atoms with Crippen molar-refractivity contribution in [2.75, 3.05) is 13.1 Å². The minimum absolute atomic E-state index is 0.672. The van der Waals surface area contributed by atoms with Crippen molar-refractivity contribution in [3.05, 3.63) is 35.9 Å². The highest BCUT2D eigenvalue weighted by Crippen LogP contribution is 2.29. The fourth-order valence-corrected chi connectivity index (χ4v) is 4.43. The Morgan fingerprint density at radius 2 is 1.86 bits per heavy atom. The van der Waals surface area contributed by atoms with Crippen molar-refractivity contribution in [1.29, 1.82) is 0 Å². The Balaban J connectivity index is 1.56. The summed E-state index contributed by atoms with van der Waals surface area (Å²) in [5.74, 6) is 0.896. The molecule has 0 radical (unpaired) electrons. The van der Waals surface area contributed by atoms with Crippen molar-refractivity contribution in [3.63, 3.8) is 0 Å². The van der Waals surface area contributed by atoms with Gasteiger partial charge in [0.2, 0.25) is 0 Å². The first-order chi connectivity index (χ1) is 10.8. The lowest BCUT2D eigenvalue weighted by molar-refractivity contribution is 0.0945. The molecule has 1 saturated heterocycles. The van der Waals surface area contributed by atoms with E-state index in [-0.39, 0.29) is 0 Å². The van der Waals surface area contributed by atoms with Gasteiger partial charge in [-0.1, -0.05) is 56.5 Å². The molecular formula is C20H32N2. The van der Waals surface area contributed by atoms with Gasteiger partial charge in [0.25, 0.3) is 0 Å². The highest BCUT2D eigenvalue weighted by molar-refractivity contribution is 5.14. The summed E-state index contributed by atoms with van der Waals surface area (Å²) in [4.78, 5) is 2.82. The van der Waals surface area contributed by atoms with Gasteiger partial charge >= 0.3 is 0 Å². The van der Waals surface area contributed by atoms with Gasteiger partial charge in [0.15, 0.2) is 0 Å². The smallest absolute Gasteiger partial charge is 0.0208 e. The zero-order valence-electron chi connectivity index (χ0n) is 14.1. The fraction of sp³-hybridized carbons (Fsp3) is 0.700. The molecule has 2 unspecified atom stereocenters. The van der Waals surface area contributed by atoms with Gasteiger partial charge in [-0.3, -0.25) is 4.90 Å². The van der Waals surface area contributed by atoms with Gasteiger partial charge in [-0.25, -0.2) is 0 Å². The summed E-state index contributed by atoms with van der Waals surface area (Å²) in [5.41, 5.74) is 1.41. The summed E-state index contributed by atoms with van der Waals surface area (Å²) in [6.07, 6.45) is 9.85. The third-order valence-corrected chi connectivity index (χ3v) is 5.54. The van der Waals surface area contributed by atoms with Crippen LogP contribution in [0.1, 0.15) is 57.4 Å². The van der Waals surface area contributed by atoms with E-state index in [0.29, 0.717) is 6.04 Å². The zero-order valence-corrected chi connectivity index (χ0v) is 14.1. The van der Waals surface area contributed by atoms with Crippen molar-refractivity contribution < 1.29 is 0 Å². The summed E-state index contributed by atoms with van der Waals surface area (Å²) in [6, 6.07) is 12.4. The van der Waals surface area contributed by atoms with Crippen LogP contribution >= 0.6 is 0 Å². The van der Waals surface area contributed by atoms with E-state index in [2.05, 4.69) is 47.5 Å². The lowest BCUT2D eigenvalue weighted by Crippen LogP contribution is -2.52. The van der Waals surface area contributed by atoms with Crippen molar-refractivity contribution in [2.45, 2.75) is 70.5 Å². The second kappa shape index (κ2) is 8.12. The second-order valence-electron chi connectivity index (χ2n) is 7.35. The molecule has 22 heavy (non-hydrogen) atoms. The predicted octanol–water partition coefficient (Wildman–Crippen LogP) is 4.21. The van der Waals surface area contributed by atoms with E-state index in [1.165, 1.54) is 63.6 Å². The Hall–Kier alpha value is -0.860. The SMILES string of the molecule is CCCC1CC(NCc2ccccc2)CN(C2CCCC2)C1. The van der Waals surface area contributed by atoms with Crippen LogP contribution in [0, 0.1) is 5.92 Å². The molecule has 122 valence electrons. The van der Waals surface area contributed by atoms with Crippen molar-refractivity contribution >= 4 is 0 Å². The number of nitrogens with zero attached hydrogens (tertiary/aromatic N) is 1. The van der Waals surface area contributed by atoms with Crippen molar-refractivity contribution in [2.24, 2.45) is 5.92 Å². The van der Waals surface area contributed by atoms with Crippen molar-refractivity contribution in [1.82, 2.24) is 10.2 Å². The van der Waals surface area contributed by atoms with Gasteiger partial charge in [0, 0.05) is 31.7 Å². The molecule has 2 aliphatic rings. The van der Waals surface area contributed by atoms with E-state index in [1.54, 1.807) is 0 Å². The monoisotopic (exact) mass is 300 g/mol. The number of hydrogen-bond acceptors (Lipinski definition) is 2. The Labute approximate surface area is 136 Å². The van der Waals surface area contributed by atoms with Gasteiger partial charge in [-0.05, 0) is 37.2 Å². The third kappa shape index (κ3) is 4.33. The minimum atomic E-state index is 0.672. The highest BCUT2D eigenvalue weighted by atomic mass is 15.2. The van der Waals surface area contributed by atoms with E-state index >= 15 is 0 Å². The van der Waals surface area contributed by atoms with Crippen LogP contribution in [0.2, 0.25) is 0 Å². The summed E-state index contributed by atoms with van der Waals surface area (Å²) < 4.78 is 0. The van der Waals surface area contributed by atoms with Gasteiger partial charge in [-0.2, -0.15) is 0 Å². The van der Waals surface area contributed by atoms with Crippen LogP contribution in [0.3, 0.4) is 0 Å². The molecule has 0 spiro atoms. The molecule has 2 atom stereocenters. The molecule has 1 aromatic carbocycles. The number of piperidine rings is 1. The summed E-state index contributed by atoms with van der Waals surface area (Å²) in [7, 11) is 0. The van der Waals surface area contributed by atoms with Crippen LogP contribution in [-0.4, -0.2) is 30.1 Å². The summed E-state index contributed by atoms with van der Waals surface area (Å²) in [5, 5.41) is 3.84. The number of likely N-dealkylation sites (tertiary alicyclic amines) is 1. The Morgan fingerprint density at radius 3 is 2.59 bits per heavy atom. The maximum Gasteiger partial charge on any atom is 0.0208 e. The van der Waals surface area contributed by atoms with Crippen LogP contribution in [0.25, 0.3) is 0 Å². The van der Waals surface area contributed by atoms with Crippen LogP contribution in [0.5, 0.6) is 0 Å². The molecule has 3 rings (SSSR count). The summed E-state index contributed by atoms with van der Waals surface area (Å²) >= 11 is 0. The lowest BCUT2D eigenvalue weighted by Gasteiger charge is -2.41. The van der Waals surface area contributed by atoms with Crippen LogP contribution in [0.4, 0.5) is 0 Å². The van der Waals surface area contributed by atoms with Crippen LogP contribution in [-0.2, 0) is 6.54 Å². The first-order valence-electron chi connectivity index (χ1n) is 9.36. The normalized spacial score (nSPS) is 27.3. The van der Waals surface area contributed by atoms with Gasteiger partial charge in [-0.15, -0.1) is 0 Å². The largest absolute Gasteiger partial charge is 0.309 e. The number of nitrogens with one attached hydrogen (secondary N) is 1. The lowest BCUT2D eigenvalue weighted by atomic mass is 9.89. The Morgan fingerprint density at radius 1 is 1.09 bits per heavy atom. The molecule has 2 fully saturated rings. The van der Waals surface area contributed by atoms with Gasteiger partial charge in [0.05, 0.1) is 0 Å². The molecule has 0 bridgehead atoms. The molecule has 1 N–H and O–H groups in total. The van der Waals surface area contributed by atoms with E-state index in [4.69, 9.17) is 0 Å². The molecule has 0 aromatic heterocycles. The van der Waals surface area contributed by atoms with E-state index in [0.717, 1.165) is 18.5 Å². The van der Waals surface area contributed by atoms with Crippen LogP contribution < -0.4 is 5.32 Å². The molecule has 1 saturated carbocycles. The van der Waals surface area contributed by atoms with Gasteiger partial charge < -0.3 is 5.32 Å². The average molecular weight is 300 g/mol. The number of benzene rings is 1. The maximum atomic E-state index is 3.84. The molecule has 0 amide bonds. The topological polar surface area (TPSA) is 15.3 Å². The minimum Gasteiger partial charge on any atom is -0.309 e. The van der Waals surface area contributed by atoms with Crippen molar-refractivity contribution in [3.8, 4) is 0 Å². The predicted molar refractivity (Wildman–Crippen MR) is 93.9 cm³/mol. The zero-order chi connectivity index (χ0) is 15.2. The standard InChI is InChI=1S/C20H32N2/c1-2-8-18-13-19(21-14-17-9-4-3-5-10-17)16-22(15-18)20-11-6-7-12-20/h3-5,9-10,18-21H,2,6-8,11-16H2,1H3. The molecule has 1 aliphatic carbocycles. The third-order valence-electron chi connectivity index (χ3n) is 5.54. The number of hydrogen-bond donors (Lipinski definition) is 1. The number of rotatable bonds is 6. The van der Waals surface area contributed by atoms with Crippen LogP contribution in [0.15, 0.2) is 30.3 Å². The van der Waals surface area contributed by atoms with E-state index < -0.39 is 0 Å². The first kappa shape index (κ1) is 16.0. The summed E-state index contributed by atoms with van der Waals surface area (Å²) in [6.45, 7) is 5.96. The van der Waals surface area contributed by atoms with E-state index in [9.17, 15) is 0 Å². The maximum absolute atomic E-state index is 3.84. The first-order valence-corrected chi connectivity index (χ1v) is 9.36. The molecule has 1 heterocycles. The Kier molecular flexibility index (Phi) is 5.91. The van der Waals surface area contributed by atoms with E-state index in [1.807, 2.05) is 0 Å². The van der Waals surface area contributed by atoms with Gasteiger partial charge in [0.1, 0.15) is 0 Å². The highest BCUT2D eigenvalue weighted by Gasteiger charge is 2.31. The fourth-order valence-electron chi connectivity index (χ4n) is 4.43. The second-order valence-corrected chi connectivity index (χ2v) is 7.35. The molecular weight excluding hydrogens is 268 g/mol.